The van der Waals surface area contributed by atoms with Gasteiger partial charge in [0.05, 0.1) is 0 Å². The Hall–Kier alpha value is -0.710. The minimum absolute atomic E-state index is 0.00153. The monoisotopic (exact) mass is 259 g/mol. The van der Waals surface area contributed by atoms with Crippen LogP contribution in [0.3, 0.4) is 0 Å². The highest BCUT2D eigenvalue weighted by Crippen LogP contribution is 2.23. The van der Waals surface area contributed by atoms with Crippen molar-refractivity contribution in [3.8, 4) is 0 Å². The van der Waals surface area contributed by atoms with Crippen molar-refractivity contribution in [1.29, 1.82) is 0 Å². The summed E-state index contributed by atoms with van der Waals surface area (Å²) in [6, 6.07) is -0.611. The van der Waals surface area contributed by atoms with E-state index in [0.717, 1.165) is 18.6 Å². The lowest BCUT2D eigenvalue weighted by Gasteiger charge is -2.36. The second-order valence-corrected chi connectivity index (χ2v) is 5.65. The summed E-state index contributed by atoms with van der Waals surface area (Å²) < 4.78 is 0. The second-order valence-electron chi connectivity index (χ2n) is 4.67. The summed E-state index contributed by atoms with van der Waals surface area (Å²) in [6.45, 7) is 2.64. The lowest BCUT2D eigenvalue weighted by atomic mass is 9.92. The van der Waals surface area contributed by atoms with E-state index in [1.165, 1.54) is 0 Å². The van der Waals surface area contributed by atoms with Crippen LogP contribution in [0.4, 0.5) is 0 Å². The number of hydrogen-bond donors (Lipinski definition) is 1. The van der Waals surface area contributed by atoms with Crippen molar-refractivity contribution in [1.82, 2.24) is 4.90 Å². The molecule has 1 aliphatic heterocycles. The van der Waals surface area contributed by atoms with Crippen molar-refractivity contribution in [2.24, 2.45) is 5.92 Å². The van der Waals surface area contributed by atoms with Crippen molar-refractivity contribution in [3.63, 3.8) is 0 Å². The van der Waals surface area contributed by atoms with Crippen LogP contribution in [0.15, 0.2) is 0 Å². The molecule has 0 spiro atoms. The zero-order chi connectivity index (χ0) is 12.8. The first-order chi connectivity index (χ1) is 8.06. The molecule has 2 atom stereocenters. The Morgan fingerprint density at radius 2 is 2.18 bits per heavy atom. The van der Waals surface area contributed by atoms with Gasteiger partial charge in [-0.3, -0.25) is 4.79 Å². The SMILES string of the molecule is CSCCCC(=O)N1CCC(C)CC1C(=O)O. The molecule has 1 amide bonds. The van der Waals surface area contributed by atoms with E-state index in [9.17, 15) is 9.59 Å². The molecular weight excluding hydrogens is 238 g/mol. The minimum Gasteiger partial charge on any atom is -0.480 e. The molecular formula is C12H21NO3S. The molecule has 1 saturated heterocycles. The van der Waals surface area contributed by atoms with Crippen molar-refractivity contribution < 1.29 is 14.7 Å². The van der Waals surface area contributed by atoms with E-state index in [1.54, 1.807) is 16.7 Å². The Morgan fingerprint density at radius 1 is 1.47 bits per heavy atom. The molecule has 2 unspecified atom stereocenters. The molecule has 1 rings (SSSR count). The number of likely N-dealkylation sites (tertiary alicyclic amines) is 1. The first-order valence-electron chi connectivity index (χ1n) is 6.07. The van der Waals surface area contributed by atoms with E-state index < -0.39 is 12.0 Å². The Morgan fingerprint density at radius 3 is 2.76 bits per heavy atom. The average Bonchev–Trinajstić information content (AvgIpc) is 2.29. The minimum atomic E-state index is -0.866. The van der Waals surface area contributed by atoms with Crippen LogP contribution in [0.5, 0.6) is 0 Å². The standard InChI is InChI=1S/C12H21NO3S/c1-9-5-6-13(10(8-9)12(15)16)11(14)4-3-7-17-2/h9-10H,3-8H2,1-2H3,(H,15,16). The molecule has 1 fully saturated rings. The summed E-state index contributed by atoms with van der Waals surface area (Å²) in [5, 5.41) is 9.15. The van der Waals surface area contributed by atoms with Gasteiger partial charge in [-0.05, 0) is 37.2 Å². The Balaban J connectivity index is 2.54. The molecule has 0 saturated carbocycles. The summed E-state index contributed by atoms with van der Waals surface area (Å²) in [4.78, 5) is 24.7. The van der Waals surface area contributed by atoms with Crippen LogP contribution in [-0.4, -0.2) is 46.5 Å². The fraction of sp³-hybridized carbons (Fsp3) is 0.833. The number of thioether (sulfide) groups is 1. The summed E-state index contributed by atoms with van der Waals surface area (Å²) in [6.07, 6.45) is 4.81. The van der Waals surface area contributed by atoms with Gasteiger partial charge in [-0.2, -0.15) is 11.8 Å². The maximum atomic E-state index is 11.9. The molecule has 1 heterocycles. The van der Waals surface area contributed by atoms with Gasteiger partial charge in [0.25, 0.3) is 0 Å². The molecule has 0 bridgehead atoms. The second kappa shape index (κ2) is 6.89. The number of hydrogen-bond acceptors (Lipinski definition) is 3. The Labute approximate surface area is 107 Å². The number of aliphatic carboxylic acids is 1. The smallest absolute Gasteiger partial charge is 0.326 e. The molecule has 0 aromatic carbocycles. The molecule has 5 heteroatoms. The predicted molar refractivity (Wildman–Crippen MR) is 69.2 cm³/mol. The van der Waals surface area contributed by atoms with Crippen LogP contribution in [0.25, 0.3) is 0 Å². The molecule has 0 aromatic rings. The van der Waals surface area contributed by atoms with E-state index in [4.69, 9.17) is 5.11 Å². The van der Waals surface area contributed by atoms with Crippen molar-refractivity contribution in [3.05, 3.63) is 0 Å². The van der Waals surface area contributed by atoms with Gasteiger partial charge >= 0.3 is 5.97 Å². The Bertz CT molecular complexity index is 283. The number of amides is 1. The van der Waals surface area contributed by atoms with Gasteiger partial charge in [-0.1, -0.05) is 6.92 Å². The number of carbonyl (C=O) groups is 2. The number of piperidine rings is 1. The number of carboxylic acid groups (broad SMARTS) is 1. The summed E-state index contributed by atoms with van der Waals surface area (Å²) in [7, 11) is 0. The normalized spacial score (nSPS) is 24.7. The lowest BCUT2D eigenvalue weighted by Crippen LogP contribution is -2.49. The fourth-order valence-corrected chi connectivity index (χ4v) is 2.62. The summed E-state index contributed by atoms with van der Waals surface area (Å²) >= 11 is 1.71. The highest BCUT2D eigenvalue weighted by atomic mass is 32.2. The highest BCUT2D eigenvalue weighted by molar-refractivity contribution is 7.98. The number of carbonyl (C=O) groups excluding carboxylic acids is 1. The van der Waals surface area contributed by atoms with E-state index in [1.807, 2.05) is 13.2 Å². The van der Waals surface area contributed by atoms with Gasteiger partial charge in [-0.15, -0.1) is 0 Å². The van der Waals surface area contributed by atoms with Crippen molar-refractivity contribution >= 4 is 23.6 Å². The van der Waals surface area contributed by atoms with Gasteiger partial charge in [0.2, 0.25) is 5.91 Å². The first-order valence-corrected chi connectivity index (χ1v) is 7.46. The number of nitrogens with zero attached hydrogens (tertiary/aromatic N) is 1. The van der Waals surface area contributed by atoms with Crippen LogP contribution in [0.1, 0.15) is 32.6 Å². The molecule has 1 aliphatic rings. The van der Waals surface area contributed by atoms with Gasteiger partial charge < -0.3 is 10.0 Å². The third-order valence-corrected chi connectivity index (χ3v) is 3.91. The predicted octanol–water partition coefficient (Wildman–Crippen LogP) is 1.84. The zero-order valence-corrected chi connectivity index (χ0v) is 11.3. The lowest BCUT2D eigenvalue weighted by molar-refractivity contribution is -0.153. The third kappa shape index (κ3) is 4.22. The maximum absolute atomic E-state index is 11.9. The Kier molecular flexibility index (Phi) is 5.82. The zero-order valence-electron chi connectivity index (χ0n) is 10.5. The van der Waals surface area contributed by atoms with Crippen LogP contribution in [0.2, 0.25) is 0 Å². The topological polar surface area (TPSA) is 57.6 Å². The van der Waals surface area contributed by atoms with Gasteiger partial charge in [0.1, 0.15) is 6.04 Å². The molecule has 4 nitrogen and oxygen atoms in total. The average molecular weight is 259 g/mol. The third-order valence-electron chi connectivity index (χ3n) is 3.21. The fourth-order valence-electron chi connectivity index (χ4n) is 2.19. The highest BCUT2D eigenvalue weighted by Gasteiger charge is 2.34. The van der Waals surface area contributed by atoms with Crippen molar-refractivity contribution in [2.75, 3.05) is 18.6 Å². The van der Waals surface area contributed by atoms with Crippen LogP contribution in [-0.2, 0) is 9.59 Å². The maximum Gasteiger partial charge on any atom is 0.326 e. The van der Waals surface area contributed by atoms with Crippen LogP contribution < -0.4 is 0 Å². The number of rotatable bonds is 5. The molecule has 0 aromatic heterocycles. The van der Waals surface area contributed by atoms with Crippen LogP contribution in [0, 0.1) is 5.92 Å². The molecule has 1 N–H and O–H groups in total. The van der Waals surface area contributed by atoms with Gasteiger partial charge in [0.15, 0.2) is 0 Å². The first kappa shape index (κ1) is 14.4. The largest absolute Gasteiger partial charge is 0.480 e. The van der Waals surface area contributed by atoms with Gasteiger partial charge in [-0.25, -0.2) is 4.79 Å². The van der Waals surface area contributed by atoms with Crippen LogP contribution >= 0.6 is 11.8 Å². The van der Waals surface area contributed by atoms with E-state index in [0.29, 0.717) is 25.3 Å². The molecule has 0 radical (unpaired) electrons. The van der Waals surface area contributed by atoms with E-state index in [2.05, 4.69) is 0 Å². The molecule has 98 valence electrons. The van der Waals surface area contributed by atoms with Gasteiger partial charge in [0, 0.05) is 13.0 Å². The molecule has 0 aliphatic carbocycles. The summed E-state index contributed by atoms with van der Waals surface area (Å²) in [5.41, 5.74) is 0. The number of carboxylic acids is 1. The molecule has 17 heavy (non-hydrogen) atoms. The van der Waals surface area contributed by atoms with Crippen molar-refractivity contribution in [2.45, 2.75) is 38.6 Å². The van der Waals surface area contributed by atoms with E-state index >= 15 is 0 Å². The summed E-state index contributed by atoms with van der Waals surface area (Å²) in [5.74, 6) is 0.479. The van der Waals surface area contributed by atoms with E-state index in [-0.39, 0.29) is 5.91 Å². The quantitative estimate of drug-likeness (QED) is 0.765.